The molecule has 0 spiro atoms. The molecule has 2 nitrogen and oxygen atoms in total. The molecule has 5 aromatic rings. The number of unbranched alkanes of at least 4 members (excludes halogenated alkanes) is 3. The molecule has 0 fully saturated rings. The predicted molar refractivity (Wildman–Crippen MR) is 167 cm³/mol. The summed E-state index contributed by atoms with van der Waals surface area (Å²) < 4.78 is 2.28. The largest absolute Gasteiger partial charge is 0.299 e. The summed E-state index contributed by atoms with van der Waals surface area (Å²) in [6, 6.07) is 31.2. The Kier molecular flexibility index (Phi) is 8.12. The third-order valence-corrected chi connectivity index (χ3v) is 7.64. The van der Waals surface area contributed by atoms with Gasteiger partial charge in [-0.3, -0.25) is 4.57 Å². The van der Waals surface area contributed by atoms with Crippen LogP contribution in [0.3, 0.4) is 0 Å². The summed E-state index contributed by atoms with van der Waals surface area (Å²) in [6.45, 7) is 10.9. The molecule has 4 aromatic carbocycles. The molecule has 0 unspecified atom stereocenters. The highest BCUT2D eigenvalue weighted by Gasteiger charge is 2.16. The molecule has 1 aromatic heterocycles. The van der Waals surface area contributed by atoms with Crippen molar-refractivity contribution in [1.29, 1.82) is 0 Å². The summed E-state index contributed by atoms with van der Waals surface area (Å²) in [5.41, 5.74) is 13.5. The number of hydrogen-bond acceptors (Lipinski definition) is 1. The predicted octanol–water partition coefficient (Wildman–Crippen LogP) is 10.2. The Morgan fingerprint density at radius 1 is 0.615 bits per heavy atom. The Labute approximate surface area is 234 Å². The molecule has 0 N–H and O–H groups in total. The smallest absolute Gasteiger partial charge is 0.144 e. The van der Waals surface area contributed by atoms with E-state index in [2.05, 4.69) is 130 Å². The summed E-state index contributed by atoms with van der Waals surface area (Å²) in [6.07, 6.45) is 8.56. The van der Waals surface area contributed by atoms with Crippen LogP contribution in [0.1, 0.15) is 60.6 Å². The van der Waals surface area contributed by atoms with Crippen molar-refractivity contribution in [1.82, 2.24) is 9.55 Å². The minimum Gasteiger partial charge on any atom is -0.299 e. The quantitative estimate of drug-likeness (QED) is 0.180. The highest BCUT2D eigenvalue weighted by molar-refractivity contribution is 5.73. The van der Waals surface area contributed by atoms with Gasteiger partial charge in [0.25, 0.3) is 0 Å². The number of aromatic nitrogens is 2. The first-order valence-corrected chi connectivity index (χ1v) is 14.4. The molecule has 0 atom stereocenters. The topological polar surface area (TPSA) is 17.8 Å². The molecule has 0 saturated carbocycles. The van der Waals surface area contributed by atoms with Gasteiger partial charge in [-0.05, 0) is 97.7 Å². The molecule has 0 radical (unpaired) electrons. The molecular weight excluding hydrogens is 472 g/mol. The molecule has 0 aliphatic carbocycles. The highest BCUT2D eigenvalue weighted by atomic mass is 15.1. The van der Waals surface area contributed by atoms with Crippen molar-refractivity contribution in [2.24, 2.45) is 0 Å². The van der Waals surface area contributed by atoms with Gasteiger partial charge in [0.15, 0.2) is 0 Å². The maximum atomic E-state index is 4.98. The number of hydrogen-bond donors (Lipinski definition) is 0. The molecule has 0 bridgehead atoms. The van der Waals surface area contributed by atoms with Crippen molar-refractivity contribution in [3.8, 4) is 39.3 Å². The lowest BCUT2D eigenvalue weighted by Gasteiger charge is -2.17. The van der Waals surface area contributed by atoms with E-state index in [1.165, 1.54) is 82.3 Å². The van der Waals surface area contributed by atoms with Crippen molar-refractivity contribution in [2.45, 2.75) is 66.7 Å². The average Bonchev–Trinajstić information content (AvgIpc) is 3.32. The molecule has 0 aliphatic heterocycles. The van der Waals surface area contributed by atoms with Crippen molar-refractivity contribution < 1.29 is 0 Å². The zero-order valence-electron chi connectivity index (χ0n) is 24.1. The maximum absolute atomic E-state index is 4.98. The van der Waals surface area contributed by atoms with Gasteiger partial charge < -0.3 is 0 Å². The van der Waals surface area contributed by atoms with Crippen LogP contribution in [0.25, 0.3) is 39.3 Å². The van der Waals surface area contributed by atoms with Crippen molar-refractivity contribution in [3.05, 3.63) is 119 Å². The van der Waals surface area contributed by atoms with Crippen molar-refractivity contribution in [3.63, 3.8) is 0 Å². The van der Waals surface area contributed by atoms with Crippen LogP contribution >= 0.6 is 0 Å². The first kappa shape index (κ1) is 26.7. The molecule has 2 heteroatoms. The van der Waals surface area contributed by atoms with Crippen LogP contribution in [0.2, 0.25) is 0 Å². The number of nitrogens with zero attached hydrogens (tertiary/aromatic N) is 2. The number of imidazole rings is 1. The zero-order chi connectivity index (χ0) is 27.4. The first-order valence-electron chi connectivity index (χ1n) is 14.4. The standard InChI is InChI=1S/C37H40N2/c1-6-7-8-9-13-30-17-19-31(20-18-30)35-22-27(3)36(28(4)23-35)39-25-29(5)38-37(39)34-16-11-15-33(24-34)32-14-10-12-26(2)21-32/h10-12,14-25H,6-9,13H2,1-5H3. The molecule has 0 aliphatic rings. The first-order chi connectivity index (χ1) is 18.9. The monoisotopic (exact) mass is 512 g/mol. The maximum Gasteiger partial charge on any atom is 0.144 e. The molecule has 5 rings (SSSR count). The SMILES string of the molecule is CCCCCCc1ccc(-c2cc(C)c(-n3cc(C)nc3-c3cccc(-c4cccc(C)c4)c3)c(C)c2)cc1. The summed E-state index contributed by atoms with van der Waals surface area (Å²) in [5.74, 6) is 0.980. The third kappa shape index (κ3) is 6.06. The van der Waals surface area contributed by atoms with Crippen LogP contribution in [-0.4, -0.2) is 9.55 Å². The van der Waals surface area contributed by atoms with Crippen LogP contribution in [0, 0.1) is 27.7 Å². The van der Waals surface area contributed by atoms with Gasteiger partial charge in [0.05, 0.1) is 11.4 Å². The molecular formula is C37H40N2. The Bertz CT molecular complexity index is 1550. The van der Waals surface area contributed by atoms with Gasteiger partial charge in [-0.2, -0.15) is 0 Å². The van der Waals surface area contributed by atoms with Crippen LogP contribution in [0.15, 0.2) is 91.1 Å². The van der Waals surface area contributed by atoms with Gasteiger partial charge in [-0.15, -0.1) is 0 Å². The number of rotatable bonds is 9. The summed E-state index contributed by atoms with van der Waals surface area (Å²) in [7, 11) is 0. The zero-order valence-corrected chi connectivity index (χ0v) is 24.1. The Morgan fingerprint density at radius 2 is 1.28 bits per heavy atom. The minimum atomic E-state index is 0.980. The number of aryl methyl sites for hydroxylation is 5. The molecule has 39 heavy (non-hydrogen) atoms. The van der Waals surface area contributed by atoms with E-state index in [0.717, 1.165) is 17.1 Å². The summed E-state index contributed by atoms with van der Waals surface area (Å²) >= 11 is 0. The molecule has 0 saturated heterocycles. The average molecular weight is 513 g/mol. The van der Waals surface area contributed by atoms with Gasteiger partial charge in [0.2, 0.25) is 0 Å². The van der Waals surface area contributed by atoms with Crippen molar-refractivity contribution in [2.75, 3.05) is 0 Å². The summed E-state index contributed by atoms with van der Waals surface area (Å²) in [4.78, 5) is 4.98. The Hall–Kier alpha value is -3.91. The van der Waals surface area contributed by atoms with E-state index in [4.69, 9.17) is 4.98 Å². The van der Waals surface area contributed by atoms with Gasteiger partial charge in [-0.1, -0.05) is 98.5 Å². The number of benzene rings is 4. The van der Waals surface area contributed by atoms with E-state index in [-0.39, 0.29) is 0 Å². The normalized spacial score (nSPS) is 11.2. The highest BCUT2D eigenvalue weighted by Crippen LogP contribution is 2.33. The molecule has 0 amide bonds. The summed E-state index contributed by atoms with van der Waals surface area (Å²) in [5, 5.41) is 0. The van der Waals surface area contributed by atoms with E-state index in [9.17, 15) is 0 Å². The van der Waals surface area contributed by atoms with Crippen LogP contribution < -0.4 is 0 Å². The Balaban J connectivity index is 1.46. The van der Waals surface area contributed by atoms with Gasteiger partial charge in [0.1, 0.15) is 5.82 Å². The second-order valence-electron chi connectivity index (χ2n) is 11.0. The lowest BCUT2D eigenvalue weighted by atomic mass is 9.96. The second kappa shape index (κ2) is 11.9. The van der Waals surface area contributed by atoms with Gasteiger partial charge >= 0.3 is 0 Å². The fourth-order valence-electron chi connectivity index (χ4n) is 5.66. The van der Waals surface area contributed by atoms with E-state index in [1.54, 1.807) is 0 Å². The molecule has 1 heterocycles. The fourth-order valence-corrected chi connectivity index (χ4v) is 5.66. The van der Waals surface area contributed by atoms with Crippen molar-refractivity contribution >= 4 is 0 Å². The van der Waals surface area contributed by atoms with E-state index in [1.807, 2.05) is 0 Å². The van der Waals surface area contributed by atoms with Crippen LogP contribution in [0.5, 0.6) is 0 Å². The minimum absolute atomic E-state index is 0.980. The lowest BCUT2D eigenvalue weighted by molar-refractivity contribution is 0.667. The van der Waals surface area contributed by atoms with E-state index in [0.29, 0.717) is 0 Å². The second-order valence-corrected chi connectivity index (χ2v) is 11.0. The van der Waals surface area contributed by atoms with Gasteiger partial charge in [-0.25, -0.2) is 4.98 Å². The molecule has 198 valence electrons. The van der Waals surface area contributed by atoms with Gasteiger partial charge in [0, 0.05) is 11.8 Å². The van der Waals surface area contributed by atoms with Crippen LogP contribution in [-0.2, 0) is 6.42 Å². The third-order valence-electron chi connectivity index (χ3n) is 7.64. The van der Waals surface area contributed by atoms with E-state index < -0.39 is 0 Å². The van der Waals surface area contributed by atoms with E-state index >= 15 is 0 Å². The Morgan fingerprint density at radius 3 is 1.97 bits per heavy atom. The fraction of sp³-hybridized carbons (Fsp3) is 0.270. The lowest BCUT2D eigenvalue weighted by Crippen LogP contribution is -2.02. The van der Waals surface area contributed by atoms with Crippen LogP contribution in [0.4, 0.5) is 0 Å².